The molecule has 1 heterocycles. The van der Waals surface area contributed by atoms with E-state index < -0.39 is 0 Å². The molecule has 2 nitrogen and oxygen atoms in total. The van der Waals surface area contributed by atoms with Crippen molar-refractivity contribution < 1.29 is 0 Å². The number of benzene rings is 7. The van der Waals surface area contributed by atoms with E-state index in [1.54, 1.807) is 0 Å². The minimum Gasteiger partial charge on any atom is -0.227 e. The highest BCUT2D eigenvalue weighted by Gasteiger charge is 2.20. The number of rotatable bonds is 7. The highest BCUT2D eigenvalue weighted by molar-refractivity contribution is 5.92. The third kappa shape index (κ3) is 5.95. The molecule has 0 radical (unpaired) electrons. The van der Waals surface area contributed by atoms with Crippen LogP contribution >= 0.6 is 0 Å². The summed E-state index contributed by atoms with van der Waals surface area (Å²) in [6.45, 7) is 0. The minimum absolute atomic E-state index is 0.698. The van der Waals surface area contributed by atoms with Crippen molar-refractivity contribution in [3.8, 4) is 78.4 Å². The first-order chi connectivity index (χ1) is 23.8. The molecule has 1 aromatic heterocycles. The van der Waals surface area contributed by atoms with E-state index >= 15 is 0 Å². The number of hydrogen-bond donors (Lipinski definition) is 0. The first-order valence-corrected chi connectivity index (χ1v) is 16.3. The SMILES string of the molecule is c1ccc(-c2ccc(-c3ccc(-c4nc(-c5ccccc5)c(-c5ccc(-c6ccccc6)cc5)c(-c5ccccc5)n4)cc3)cc2)cc1. The molecule has 0 N–H and O–H groups in total. The maximum absolute atomic E-state index is 5.29. The number of aromatic nitrogens is 2. The fraction of sp³-hybridized carbons (Fsp3) is 0. The molecule has 0 aliphatic heterocycles. The van der Waals surface area contributed by atoms with Crippen LogP contribution < -0.4 is 0 Å². The van der Waals surface area contributed by atoms with E-state index in [0.29, 0.717) is 5.82 Å². The molecule has 0 saturated heterocycles. The minimum atomic E-state index is 0.698. The molecule has 0 saturated carbocycles. The average Bonchev–Trinajstić information content (AvgIpc) is 3.19. The molecule has 0 fully saturated rings. The van der Waals surface area contributed by atoms with E-state index in [0.717, 1.165) is 44.8 Å². The summed E-state index contributed by atoms with van der Waals surface area (Å²) in [5.74, 6) is 0.698. The summed E-state index contributed by atoms with van der Waals surface area (Å²) in [7, 11) is 0. The quantitative estimate of drug-likeness (QED) is 0.179. The summed E-state index contributed by atoms with van der Waals surface area (Å²) >= 11 is 0. The van der Waals surface area contributed by atoms with Gasteiger partial charge in [0.1, 0.15) is 0 Å². The van der Waals surface area contributed by atoms with Crippen LogP contribution in [0.15, 0.2) is 194 Å². The van der Waals surface area contributed by atoms with E-state index in [-0.39, 0.29) is 0 Å². The Bertz CT molecular complexity index is 2200. The van der Waals surface area contributed by atoms with Gasteiger partial charge in [0.15, 0.2) is 5.82 Å². The van der Waals surface area contributed by atoms with Crippen molar-refractivity contribution in [2.24, 2.45) is 0 Å². The van der Waals surface area contributed by atoms with Crippen LogP contribution in [0.3, 0.4) is 0 Å². The molecule has 8 aromatic rings. The van der Waals surface area contributed by atoms with Gasteiger partial charge >= 0.3 is 0 Å². The highest BCUT2D eigenvalue weighted by atomic mass is 14.9. The molecule has 2 heteroatoms. The third-order valence-electron chi connectivity index (χ3n) is 8.75. The Kier molecular flexibility index (Phi) is 7.96. The molecule has 7 aromatic carbocycles. The van der Waals surface area contributed by atoms with E-state index in [2.05, 4.69) is 170 Å². The lowest BCUT2D eigenvalue weighted by Gasteiger charge is -2.17. The largest absolute Gasteiger partial charge is 0.227 e. The number of hydrogen-bond acceptors (Lipinski definition) is 2. The highest BCUT2D eigenvalue weighted by Crippen LogP contribution is 2.40. The second-order valence-corrected chi connectivity index (χ2v) is 11.8. The van der Waals surface area contributed by atoms with Gasteiger partial charge in [-0.2, -0.15) is 0 Å². The van der Waals surface area contributed by atoms with Gasteiger partial charge in [-0.3, -0.25) is 0 Å². The van der Waals surface area contributed by atoms with Crippen LogP contribution in [-0.2, 0) is 0 Å². The summed E-state index contributed by atoms with van der Waals surface area (Å²) in [4.78, 5) is 10.6. The Balaban J connectivity index is 1.23. The Labute approximate surface area is 281 Å². The summed E-state index contributed by atoms with van der Waals surface area (Å²) in [6.07, 6.45) is 0. The Morgan fingerprint density at radius 1 is 0.208 bits per heavy atom. The third-order valence-corrected chi connectivity index (χ3v) is 8.75. The predicted octanol–water partition coefficient (Wildman–Crippen LogP) is 12.1. The summed E-state index contributed by atoms with van der Waals surface area (Å²) in [5.41, 5.74) is 14.1. The maximum Gasteiger partial charge on any atom is 0.160 e. The zero-order valence-corrected chi connectivity index (χ0v) is 26.4. The van der Waals surface area contributed by atoms with E-state index in [4.69, 9.17) is 9.97 Å². The molecule has 0 unspecified atom stereocenters. The van der Waals surface area contributed by atoms with Crippen molar-refractivity contribution in [1.82, 2.24) is 9.97 Å². The van der Waals surface area contributed by atoms with Crippen LogP contribution in [-0.4, -0.2) is 9.97 Å². The van der Waals surface area contributed by atoms with Gasteiger partial charge < -0.3 is 0 Å². The van der Waals surface area contributed by atoms with Crippen LogP contribution in [0, 0.1) is 0 Å². The smallest absolute Gasteiger partial charge is 0.160 e. The Hall–Kier alpha value is -6.38. The zero-order valence-electron chi connectivity index (χ0n) is 26.4. The van der Waals surface area contributed by atoms with Crippen molar-refractivity contribution in [2.45, 2.75) is 0 Å². The lowest BCUT2D eigenvalue weighted by Crippen LogP contribution is -2.01. The van der Waals surface area contributed by atoms with Gasteiger partial charge in [-0.25, -0.2) is 9.97 Å². The summed E-state index contributed by atoms with van der Waals surface area (Å²) in [6, 6.07) is 67.9. The van der Waals surface area contributed by atoms with Crippen molar-refractivity contribution >= 4 is 0 Å². The van der Waals surface area contributed by atoms with Crippen molar-refractivity contribution in [2.75, 3.05) is 0 Å². The van der Waals surface area contributed by atoms with Crippen molar-refractivity contribution in [3.05, 3.63) is 194 Å². The maximum atomic E-state index is 5.29. The van der Waals surface area contributed by atoms with Crippen molar-refractivity contribution in [3.63, 3.8) is 0 Å². The summed E-state index contributed by atoms with van der Waals surface area (Å²) in [5, 5.41) is 0. The molecule has 0 amide bonds. The molecular weight excluding hydrogens is 581 g/mol. The van der Waals surface area contributed by atoms with Gasteiger partial charge in [-0.05, 0) is 38.9 Å². The Morgan fingerprint density at radius 2 is 0.458 bits per heavy atom. The molecule has 0 atom stereocenters. The monoisotopic (exact) mass is 612 g/mol. The second kappa shape index (κ2) is 13.2. The normalized spacial score (nSPS) is 10.9. The lowest BCUT2D eigenvalue weighted by atomic mass is 9.92. The second-order valence-electron chi connectivity index (χ2n) is 11.8. The molecule has 226 valence electrons. The van der Waals surface area contributed by atoms with Gasteiger partial charge in [-0.1, -0.05) is 194 Å². The van der Waals surface area contributed by atoms with Gasteiger partial charge in [0.05, 0.1) is 11.4 Å². The predicted molar refractivity (Wildman–Crippen MR) is 200 cm³/mol. The molecule has 48 heavy (non-hydrogen) atoms. The molecular formula is C46H32N2. The summed E-state index contributed by atoms with van der Waals surface area (Å²) < 4.78 is 0. The molecule has 0 bridgehead atoms. The number of nitrogens with zero attached hydrogens (tertiary/aromatic N) is 2. The van der Waals surface area contributed by atoms with E-state index in [9.17, 15) is 0 Å². The topological polar surface area (TPSA) is 25.8 Å². The van der Waals surface area contributed by atoms with E-state index in [1.165, 1.54) is 27.8 Å². The first-order valence-electron chi connectivity index (χ1n) is 16.3. The van der Waals surface area contributed by atoms with Crippen LogP contribution in [0.1, 0.15) is 0 Å². The van der Waals surface area contributed by atoms with Crippen molar-refractivity contribution in [1.29, 1.82) is 0 Å². The van der Waals surface area contributed by atoms with Crippen LogP contribution in [0.5, 0.6) is 0 Å². The van der Waals surface area contributed by atoms with Gasteiger partial charge in [0.25, 0.3) is 0 Å². The molecule has 0 aliphatic rings. The molecule has 0 aliphatic carbocycles. The van der Waals surface area contributed by atoms with Crippen LogP contribution in [0.25, 0.3) is 78.4 Å². The van der Waals surface area contributed by atoms with E-state index in [1.807, 2.05) is 24.3 Å². The van der Waals surface area contributed by atoms with Gasteiger partial charge in [0.2, 0.25) is 0 Å². The first kappa shape index (κ1) is 29.1. The fourth-order valence-electron chi connectivity index (χ4n) is 6.23. The fourth-order valence-corrected chi connectivity index (χ4v) is 6.23. The average molecular weight is 613 g/mol. The van der Waals surface area contributed by atoms with Crippen LogP contribution in [0.2, 0.25) is 0 Å². The lowest BCUT2D eigenvalue weighted by molar-refractivity contribution is 1.18. The van der Waals surface area contributed by atoms with Gasteiger partial charge in [-0.15, -0.1) is 0 Å². The van der Waals surface area contributed by atoms with Crippen LogP contribution in [0.4, 0.5) is 0 Å². The molecule has 0 spiro atoms. The molecule has 8 rings (SSSR count). The Morgan fingerprint density at radius 3 is 0.792 bits per heavy atom. The zero-order chi connectivity index (χ0) is 32.1. The standard InChI is InChI=1S/C46H32N2/c1-5-13-33(14-6-1)35-21-23-37(24-22-35)38-27-31-42(32-28-38)46-47-44(40-17-9-3-10-18-40)43(45(48-46)41-19-11-4-12-20-41)39-29-25-36(26-30-39)34-15-7-2-8-16-34/h1-32H. The van der Waals surface area contributed by atoms with Gasteiger partial charge in [0, 0.05) is 22.3 Å².